The molecule has 176 valence electrons. The fraction of sp³-hybridized carbons (Fsp3) is 0.208. The molecule has 0 unspecified atom stereocenters. The van der Waals surface area contributed by atoms with Crippen LogP contribution in [0.25, 0.3) is 10.8 Å². The number of carbonyl (C=O) groups excluding carboxylic acids is 3. The van der Waals surface area contributed by atoms with Gasteiger partial charge in [-0.15, -0.1) is 0 Å². The normalized spacial score (nSPS) is 13.5. The van der Waals surface area contributed by atoms with Crippen LogP contribution < -0.4 is 9.62 Å². The maximum absolute atomic E-state index is 13.0. The van der Waals surface area contributed by atoms with Crippen LogP contribution in [0.3, 0.4) is 0 Å². The molecule has 0 spiro atoms. The van der Waals surface area contributed by atoms with E-state index in [0.29, 0.717) is 11.1 Å². The molecule has 1 heterocycles. The fourth-order valence-corrected chi connectivity index (χ4v) is 5.73. The molecule has 4 rings (SSSR count). The smallest absolute Gasteiger partial charge is 0.337 e. The van der Waals surface area contributed by atoms with Gasteiger partial charge in [0.15, 0.2) is 0 Å². The van der Waals surface area contributed by atoms with Crippen molar-refractivity contribution in [3.05, 3.63) is 65.7 Å². The first-order valence-electron chi connectivity index (χ1n) is 10.4. The molecule has 0 saturated carbocycles. The maximum atomic E-state index is 13.0. The average molecular weight is 483 g/mol. The number of rotatable bonds is 7. The Hall–Kier alpha value is -3.92. The van der Waals surface area contributed by atoms with Crippen molar-refractivity contribution >= 4 is 50.0 Å². The number of sulfonamides is 1. The quantitative estimate of drug-likeness (QED) is 0.513. The Kier molecular flexibility index (Phi) is 6.25. The molecule has 0 radical (unpaired) electrons. The summed E-state index contributed by atoms with van der Waals surface area (Å²) in [7, 11) is -1.28. The summed E-state index contributed by atoms with van der Waals surface area (Å²) in [5, 5.41) is 4.16. The van der Waals surface area contributed by atoms with E-state index in [9.17, 15) is 22.8 Å². The zero-order valence-electron chi connectivity index (χ0n) is 18.5. The number of hydrogen-bond donors (Lipinski definition) is 1. The molecule has 10 heteroatoms. The van der Waals surface area contributed by atoms with Gasteiger partial charge >= 0.3 is 11.9 Å². The molecule has 0 bridgehead atoms. The molecule has 3 aromatic rings. The van der Waals surface area contributed by atoms with Gasteiger partial charge in [-0.25, -0.2) is 18.0 Å². The van der Waals surface area contributed by atoms with Crippen LogP contribution in [0.1, 0.15) is 33.6 Å². The van der Waals surface area contributed by atoms with Gasteiger partial charge in [0.1, 0.15) is 0 Å². The first kappa shape index (κ1) is 23.2. The largest absolute Gasteiger partial charge is 0.465 e. The third-order valence-electron chi connectivity index (χ3n) is 5.51. The van der Waals surface area contributed by atoms with Gasteiger partial charge in [-0.05, 0) is 42.1 Å². The molecule has 3 aromatic carbocycles. The topological polar surface area (TPSA) is 119 Å². The van der Waals surface area contributed by atoms with Crippen LogP contribution in [0.5, 0.6) is 0 Å². The number of anilines is 2. The standard InChI is InChI=1S/C24H22N2O7S/c1-32-23(28)16-12-17(24(29)33-2)14-18(13-16)25-21(27)10-5-11-26-19-8-3-6-15-7-4-9-20(22(15)19)34(26,30)31/h3-4,6-9,12-14H,5,10-11H2,1-2H3,(H,25,27). The number of ether oxygens (including phenoxy) is 2. The monoisotopic (exact) mass is 482 g/mol. The summed E-state index contributed by atoms with van der Waals surface area (Å²) in [5.74, 6) is -1.74. The van der Waals surface area contributed by atoms with Crippen molar-refractivity contribution in [1.29, 1.82) is 0 Å². The second-order valence-electron chi connectivity index (χ2n) is 7.64. The van der Waals surface area contributed by atoms with Gasteiger partial charge in [0, 0.05) is 24.0 Å². The van der Waals surface area contributed by atoms with Crippen molar-refractivity contribution in [3.63, 3.8) is 0 Å². The van der Waals surface area contributed by atoms with E-state index in [2.05, 4.69) is 5.32 Å². The maximum Gasteiger partial charge on any atom is 0.337 e. The van der Waals surface area contributed by atoms with Crippen molar-refractivity contribution in [2.45, 2.75) is 17.7 Å². The third kappa shape index (κ3) is 4.19. The molecule has 1 N–H and O–H groups in total. The molecule has 1 aliphatic heterocycles. The van der Waals surface area contributed by atoms with E-state index < -0.39 is 27.9 Å². The number of nitrogens with zero attached hydrogens (tertiary/aromatic N) is 1. The summed E-state index contributed by atoms with van der Waals surface area (Å²) >= 11 is 0. The highest BCUT2D eigenvalue weighted by molar-refractivity contribution is 7.93. The van der Waals surface area contributed by atoms with E-state index >= 15 is 0 Å². The summed E-state index contributed by atoms with van der Waals surface area (Å²) in [6.07, 6.45) is 0.282. The van der Waals surface area contributed by atoms with Crippen LogP contribution in [-0.4, -0.2) is 47.0 Å². The molecule has 1 aliphatic rings. The number of benzene rings is 3. The highest BCUT2D eigenvalue weighted by atomic mass is 32.2. The van der Waals surface area contributed by atoms with E-state index in [4.69, 9.17) is 9.47 Å². The fourth-order valence-electron chi connectivity index (χ4n) is 3.98. The number of methoxy groups -OCH3 is 2. The number of amides is 1. The predicted octanol–water partition coefficient (Wildman–Crippen LogP) is 3.34. The Labute approximate surface area is 196 Å². The lowest BCUT2D eigenvalue weighted by molar-refractivity contribution is -0.116. The SMILES string of the molecule is COC(=O)c1cc(NC(=O)CCCN2c3cccc4cccc(c34)S2(=O)=O)cc(C(=O)OC)c1. The van der Waals surface area contributed by atoms with Crippen molar-refractivity contribution < 1.29 is 32.3 Å². The Morgan fingerprint density at radius 2 is 1.53 bits per heavy atom. The lowest BCUT2D eigenvalue weighted by atomic mass is 10.1. The van der Waals surface area contributed by atoms with Crippen molar-refractivity contribution in [2.75, 3.05) is 30.4 Å². The summed E-state index contributed by atoms with van der Waals surface area (Å²) in [6, 6.07) is 14.7. The molecule has 0 fully saturated rings. The first-order chi connectivity index (χ1) is 16.3. The van der Waals surface area contributed by atoms with Gasteiger partial charge < -0.3 is 14.8 Å². The van der Waals surface area contributed by atoms with Crippen LogP contribution in [0.4, 0.5) is 11.4 Å². The summed E-state index contributed by atoms with van der Waals surface area (Å²) in [4.78, 5) is 36.6. The molecule has 34 heavy (non-hydrogen) atoms. The van der Waals surface area contributed by atoms with Gasteiger partial charge in [-0.3, -0.25) is 9.10 Å². The minimum Gasteiger partial charge on any atom is -0.465 e. The van der Waals surface area contributed by atoms with Crippen molar-refractivity contribution in [2.24, 2.45) is 0 Å². The molecule has 0 aliphatic carbocycles. The van der Waals surface area contributed by atoms with Gasteiger partial charge in [0.2, 0.25) is 5.91 Å². The predicted molar refractivity (Wildman–Crippen MR) is 125 cm³/mol. The van der Waals surface area contributed by atoms with E-state index in [1.807, 2.05) is 12.1 Å². The first-order valence-corrected chi connectivity index (χ1v) is 11.9. The van der Waals surface area contributed by atoms with Gasteiger partial charge in [0.25, 0.3) is 10.0 Å². The highest BCUT2D eigenvalue weighted by Crippen LogP contribution is 2.41. The second kappa shape index (κ2) is 9.14. The highest BCUT2D eigenvalue weighted by Gasteiger charge is 2.35. The molecule has 0 atom stereocenters. The Balaban J connectivity index is 1.46. The average Bonchev–Trinajstić information content (AvgIpc) is 3.05. The van der Waals surface area contributed by atoms with Crippen LogP contribution in [0.2, 0.25) is 0 Å². The number of esters is 2. The molecule has 0 saturated heterocycles. The van der Waals surface area contributed by atoms with E-state index in [0.717, 1.165) is 5.39 Å². The van der Waals surface area contributed by atoms with Gasteiger partial charge in [-0.1, -0.05) is 24.3 Å². The summed E-state index contributed by atoms with van der Waals surface area (Å²) < 4.78 is 36.8. The zero-order chi connectivity index (χ0) is 24.5. The Bertz CT molecular complexity index is 1380. The van der Waals surface area contributed by atoms with Gasteiger partial charge in [-0.2, -0.15) is 0 Å². The van der Waals surface area contributed by atoms with Gasteiger partial charge in [0.05, 0.1) is 35.9 Å². The minimum absolute atomic E-state index is 0.0222. The van der Waals surface area contributed by atoms with Crippen LogP contribution in [0, 0.1) is 0 Å². The number of carbonyl (C=O) groups is 3. The second-order valence-corrected chi connectivity index (χ2v) is 9.47. The lowest BCUT2D eigenvalue weighted by Gasteiger charge is -2.18. The molecular weight excluding hydrogens is 460 g/mol. The lowest BCUT2D eigenvalue weighted by Crippen LogP contribution is -2.29. The van der Waals surface area contributed by atoms with E-state index in [1.54, 1.807) is 24.3 Å². The molecular formula is C24H22N2O7S. The summed E-state index contributed by atoms with van der Waals surface area (Å²) in [6.45, 7) is 0.124. The molecule has 0 aromatic heterocycles. The summed E-state index contributed by atoms with van der Waals surface area (Å²) in [5.41, 5.74) is 0.978. The van der Waals surface area contributed by atoms with Crippen molar-refractivity contribution in [1.82, 2.24) is 0 Å². The van der Waals surface area contributed by atoms with Crippen LogP contribution in [-0.2, 0) is 24.3 Å². The Morgan fingerprint density at radius 1 is 0.912 bits per heavy atom. The third-order valence-corrected chi connectivity index (χ3v) is 7.36. The van der Waals surface area contributed by atoms with Crippen LogP contribution >= 0.6 is 0 Å². The van der Waals surface area contributed by atoms with Crippen LogP contribution in [0.15, 0.2) is 59.5 Å². The molecule has 9 nitrogen and oxygen atoms in total. The van der Waals surface area contributed by atoms with Crippen molar-refractivity contribution in [3.8, 4) is 0 Å². The zero-order valence-corrected chi connectivity index (χ0v) is 19.3. The number of nitrogens with one attached hydrogen (secondary N) is 1. The van der Waals surface area contributed by atoms with E-state index in [1.165, 1.54) is 36.7 Å². The molecule has 1 amide bonds. The number of hydrogen-bond acceptors (Lipinski definition) is 7. The Morgan fingerprint density at radius 3 is 2.15 bits per heavy atom. The van der Waals surface area contributed by atoms with E-state index in [-0.39, 0.29) is 41.1 Å². The minimum atomic E-state index is -3.69.